The molecule has 0 aromatic heterocycles. The van der Waals surface area contributed by atoms with Gasteiger partial charge < -0.3 is 41.0 Å². The number of carbonyl (C=O) groups excluding carboxylic acids is 2. The van der Waals surface area contributed by atoms with Crippen molar-refractivity contribution in [3.63, 3.8) is 0 Å². The van der Waals surface area contributed by atoms with Crippen LogP contribution in [0.25, 0.3) is 0 Å². The van der Waals surface area contributed by atoms with Gasteiger partial charge in [0.15, 0.2) is 0 Å². The lowest BCUT2D eigenvalue weighted by atomic mass is 9.95. The normalized spacial score (nSPS) is 18.4. The van der Waals surface area contributed by atoms with E-state index in [1.165, 1.54) is 13.0 Å². The lowest BCUT2D eigenvalue weighted by Crippen LogP contribution is -2.52. The summed E-state index contributed by atoms with van der Waals surface area (Å²) in [4.78, 5) is 23.1. The fourth-order valence-electron chi connectivity index (χ4n) is 2.13. The first kappa shape index (κ1) is 23.4. The Morgan fingerprint density at radius 2 is 1.88 bits per heavy atom. The second kappa shape index (κ2) is 11.1. The summed E-state index contributed by atoms with van der Waals surface area (Å²) < 4.78 is 9.45. The van der Waals surface area contributed by atoms with E-state index in [-0.39, 0.29) is 19.6 Å². The van der Waals surface area contributed by atoms with Crippen molar-refractivity contribution in [1.29, 1.82) is 0 Å². The number of nitrogens with two attached hydrogens (primary N) is 1. The maximum atomic E-state index is 11.8. The summed E-state index contributed by atoms with van der Waals surface area (Å²) in [6.07, 6.45) is -3.73. The van der Waals surface area contributed by atoms with Gasteiger partial charge in [0.2, 0.25) is 5.91 Å². The van der Waals surface area contributed by atoms with E-state index in [2.05, 4.69) is 16.6 Å². The van der Waals surface area contributed by atoms with Gasteiger partial charge in [-0.15, -0.1) is 6.58 Å². The van der Waals surface area contributed by atoms with Crippen molar-refractivity contribution < 1.29 is 39.5 Å². The van der Waals surface area contributed by atoms with E-state index in [1.807, 2.05) is 0 Å². The zero-order valence-corrected chi connectivity index (χ0v) is 14.4. The number of amides is 1. The number of rotatable bonds is 12. The maximum absolute atomic E-state index is 11.8. The average molecular weight is 364 g/mol. The summed E-state index contributed by atoms with van der Waals surface area (Å²) in [5.74, 6) is -4.14. The Bertz CT molecular complexity index is 447. The Balaban J connectivity index is 5.24. The van der Waals surface area contributed by atoms with Crippen LogP contribution in [-0.4, -0.2) is 82.7 Å². The van der Waals surface area contributed by atoms with Crippen molar-refractivity contribution in [3.8, 4) is 0 Å². The molecule has 0 aliphatic heterocycles. The summed E-state index contributed by atoms with van der Waals surface area (Å²) in [7, 11) is 1.03. The fourth-order valence-corrected chi connectivity index (χ4v) is 2.13. The molecule has 0 radical (unpaired) electrons. The van der Waals surface area contributed by atoms with E-state index < -0.39 is 48.4 Å². The Kier molecular flexibility index (Phi) is 10.4. The monoisotopic (exact) mass is 364 g/mol. The molecule has 0 saturated heterocycles. The van der Waals surface area contributed by atoms with Crippen molar-refractivity contribution in [2.45, 2.75) is 49.9 Å². The molecule has 0 saturated carbocycles. The van der Waals surface area contributed by atoms with Crippen LogP contribution in [0.1, 0.15) is 19.8 Å². The standard InChI is InChI=1S/C15H28N2O8/c1-4-5-25-15(23,14(22)24-3)7-12(20)10(17-9(2)18)6-11(19)13(21)8-16/h4,10-13,19-21,23H,1,5-8,16H2,2-3H3,(H,17,18)/t10?,11-,12?,13+,15?/m0/s1. The largest absolute Gasteiger partial charge is 0.465 e. The second-order valence-electron chi connectivity index (χ2n) is 5.56. The van der Waals surface area contributed by atoms with Gasteiger partial charge in [-0.1, -0.05) is 6.08 Å². The molecule has 0 aromatic carbocycles. The molecule has 0 spiro atoms. The summed E-state index contributed by atoms with van der Waals surface area (Å²) in [6, 6.07) is -1.09. The van der Waals surface area contributed by atoms with Crippen molar-refractivity contribution >= 4 is 11.9 Å². The van der Waals surface area contributed by atoms with Crippen LogP contribution in [0.3, 0.4) is 0 Å². The molecule has 0 aliphatic carbocycles. The number of aliphatic hydroxyl groups excluding tert-OH is 3. The number of aliphatic hydroxyl groups is 4. The molecular formula is C15H28N2O8. The van der Waals surface area contributed by atoms with Gasteiger partial charge in [-0.25, -0.2) is 4.79 Å². The van der Waals surface area contributed by atoms with E-state index >= 15 is 0 Å². The highest BCUT2D eigenvalue weighted by Crippen LogP contribution is 2.21. The van der Waals surface area contributed by atoms with Crippen LogP contribution in [-0.2, 0) is 19.1 Å². The molecule has 5 atom stereocenters. The maximum Gasteiger partial charge on any atom is 0.366 e. The highest BCUT2D eigenvalue weighted by molar-refractivity contribution is 5.77. The first-order valence-corrected chi connectivity index (χ1v) is 7.68. The molecule has 0 aliphatic rings. The van der Waals surface area contributed by atoms with Gasteiger partial charge in [-0.05, 0) is 6.42 Å². The molecule has 25 heavy (non-hydrogen) atoms. The molecule has 0 aromatic rings. The Labute approximate surface area is 146 Å². The fraction of sp³-hybridized carbons (Fsp3) is 0.733. The zero-order valence-electron chi connectivity index (χ0n) is 14.4. The number of hydrogen-bond acceptors (Lipinski definition) is 9. The van der Waals surface area contributed by atoms with Gasteiger partial charge >= 0.3 is 5.97 Å². The quantitative estimate of drug-likeness (QED) is 0.123. The van der Waals surface area contributed by atoms with Gasteiger partial charge in [0.25, 0.3) is 5.79 Å². The molecule has 0 rings (SSSR count). The van der Waals surface area contributed by atoms with Crippen molar-refractivity contribution in [1.82, 2.24) is 5.32 Å². The summed E-state index contributed by atoms with van der Waals surface area (Å²) in [5, 5.41) is 42.4. The van der Waals surface area contributed by atoms with E-state index in [0.717, 1.165) is 7.11 Å². The van der Waals surface area contributed by atoms with Crippen LogP contribution >= 0.6 is 0 Å². The Hall–Kier alpha value is -1.56. The van der Waals surface area contributed by atoms with Crippen LogP contribution in [0.15, 0.2) is 12.7 Å². The van der Waals surface area contributed by atoms with Crippen LogP contribution in [0.5, 0.6) is 0 Å². The number of esters is 1. The van der Waals surface area contributed by atoms with E-state index in [1.54, 1.807) is 0 Å². The minimum absolute atomic E-state index is 0.197. The minimum Gasteiger partial charge on any atom is -0.465 e. The SMILES string of the molecule is C=CCOC(O)(CC(O)C(C[C@H](O)[C@H](O)CN)NC(C)=O)C(=O)OC. The van der Waals surface area contributed by atoms with Crippen LogP contribution in [0, 0.1) is 0 Å². The van der Waals surface area contributed by atoms with E-state index in [4.69, 9.17) is 10.5 Å². The summed E-state index contributed by atoms with van der Waals surface area (Å²) in [5.41, 5.74) is 5.25. The summed E-state index contributed by atoms with van der Waals surface area (Å²) in [6.45, 7) is 4.16. The predicted octanol–water partition coefficient (Wildman–Crippen LogP) is -2.62. The van der Waals surface area contributed by atoms with Crippen molar-refractivity contribution in [2.24, 2.45) is 5.73 Å². The number of carbonyl (C=O) groups is 2. The zero-order chi connectivity index (χ0) is 19.6. The third-order valence-electron chi connectivity index (χ3n) is 3.46. The van der Waals surface area contributed by atoms with Crippen molar-refractivity contribution in [3.05, 3.63) is 12.7 Å². The molecule has 7 N–H and O–H groups in total. The highest BCUT2D eigenvalue weighted by Gasteiger charge is 2.43. The first-order valence-electron chi connectivity index (χ1n) is 7.68. The average Bonchev–Trinajstić information content (AvgIpc) is 2.57. The summed E-state index contributed by atoms with van der Waals surface area (Å²) >= 11 is 0. The van der Waals surface area contributed by atoms with Gasteiger partial charge in [-0.2, -0.15) is 0 Å². The van der Waals surface area contributed by atoms with Crippen LogP contribution in [0.2, 0.25) is 0 Å². The van der Waals surface area contributed by atoms with Crippen LogP contribution in [0.4, 0.5) is 0 Å². The molecule has 146 valence electrons. The molecular weight excluding hydrogens is 336 g/mol. The first-order chi connectivity index (χ1) is 11.6. The third kappa shape index (κ3) is 7.90. The molecule has 1 amide bonds. The van der Waals surface area contributed by atoms with Crippen molar-refractivity contribution in [2.75, 3.05) is 20.3 Å². The molecule has 0 heterocycles. The van der Waals surface area contributed by atoms with E-state index in [0.29, 0.717) is 0 Å². The lowest BCUT2D eigenvalue weighted by molar-refractivity contribution is -0.232. The van der Waals surface area contributed by atoms with Gasteiger partial charge in [0.1, 0.15) is 0 Å². The number of hydrogen-bond donors (Lipinski definition) is 6. The third-order valence-corrected chi connectivity index (χ3v) is 3.46. The van der Waals surface area contributed by atoms with Gasteiger partial charge in [0, 0.05) is 19.9 Å². The van der Waals surface area contributed by atoms with Gasteiger partial charge in [-0.3, -0.25) is 4.79 Å². The topological polar surface area (TPSA) is 172 Å². The van der Waals surface area contributed by atoms with Gasteiger partial charge in [0.05, 0.1) is 38.1 Å². The van der Waals surface area contributed by atoms with E-state index in [9.17, 15) is 30.0 Å². The molecule has 0 bridgehead atoms. The van der Waals surface area contributed by atoms with Crippen LogP contribution < -0.4 is 11.1 Å². The smallest absolute Gasteiger partial charge is 0.366 e. The molecule has 0 fully saturated rings. The minimum atomic E-state index is -2.48. The molecule has 10 heteroatoms. The molecule has 10 nitrogen and oxygen atoms in total. The lowest BCUT2D eigenvalue weighted by Gasteiger charge is -2.32. The number of methoxy groups -OCH3 is 1. The number of ether oxygens (including phenoxy) is 2. The highest BCUT2D eigenvalue weighted by atomic mass is 16.7. The predicted molar refractivity (Wildman–Crippen MR) is 87.0 cm³/mol. The Morgan fingerprint density at radius 3 is 2.32 bits per heavy atom. The number of nitrogens with one attached hydrogen (secondary N) is 1. The molecule has 3 unspecified atom stereocenters. The Morgan fingerprint density at radius 1 is 1.28 bits per heavy atom. The second-order valence-corrected chi connectivity index (χ2v) is 5.56.